The summed E-state index contributed by atoms with van der Waals surface area (Å²) in [7, 11) is 1.58. The van der Waals surface area contributed by atoms with Crippen molar-refractivity contribution in [3.8, 4) is 11.5 Å². The fraction of sp³-hybridized carbons (Fsp3) is 0.185. The number of hydrogen-bond donors (Lipinski definition) is 0. The minimum absolute atomic E-state index is 0.141. The Bertz CT molecular complexity index is 1160. The van der Waals surface area contributed by atoms with Gasteiger partial charge < -0.3 is 14.2 Å². The van der Waals surface area contributed by atoms with Gasteiger partial charge in [0.1, 0.15) is 19.3 Å². The molecular formula is C27H25NO5. The number of benzene rings is 3. The molecule has 6 heteroatoms. The minimum atomic E-state index is -0.636. The Morgan fingerprint density at radius 3 is 2.42 bits per heavy atom. The normalized spacial score (nSPS) is 15.8. The number of methoxy groups -OCH3 is 1. The highest BCUT2D eigenvalue weighted by atomic mass is 16.6. The summed E-state index contributed by atoms with van der Waals surface area (Å²) >= 11 is 0. The molecule has 33 heavy (non-hydrogen) atoms. The first-order valence-corrected chi connectivity index (χ1v) is 10.6. The Balaban J connectivity index is 1.55. The number of nitrogens with zero attached hydrogens (tertiary/aromatic N) is 1. The third-order valence-corrected chi connectivity index (χ3v) is 5.42. The summed E-state index contributed by atoms with van der Waals surface area (Å²) in [5.41, 5.74) is 3.05. The summed E-state index contributed by atoms with van der Waals surface area (Å²) in [5, 5.41) is 0. The summed E-state index contributed by atoms with van der Waals surface area (Å²) in [6, 6.07) is 24.2. The van der Waals surface area contributed by atoms with Crippen LogP contribution in [0.4, 0.5) is 4.79 Å². The third-order valence-electron chi connectivity index (χ3n) is 5.42. The molecule has 3 aromatic carbocycles. The van der Waals surface area contributed by atoms with E-state index in [1.165, 1.54) is 4.90 Å². The smallest absolute Gasteiger partial charge is 0.417 e. The van der Waals surface area contributed by atoms with Crippen LogP contribution < -0.4 is 9.47 Å². The second-order valence-electron chi connectivity index (χ2n) is 7.69. The van der Waals surface area contributed by atoms with Crippen molar-refractivity contribution < 1.29 is 23.8 Å². The number of rotatable bonds is 7. The molecule has 4 rings (SSSR count). The molecule has 0 spiro atoms. The van der Waals surface area contributed by atoms with E-state index >= 15 is 0 Å². The predicted molar refractivity (Wildman–Crippen MR) is 125 cm³/mol. The molecule has 1 aliphatic heterocycles. The van der Waals surface area contributed by atoms with Gasteiger partial charge in [-0.15, -0.1) is 0 Å². The average Bonchev–Trinajstić information content (AvgIpc) is 3.24. The van der Waals surface area contributed by atoms with E-state index in [4.69, 9.17) is 14.2 Å². The van der Waals surface area contributed by atoms with Gasteiger partial charge in [-0.25, -0.2) is 9.69 Å². The zero-order valence-corrected chi connectivity index (χ0v) is 18.6. The van der Waals surface area contributed by atoms with Gasteiger partial charge in [0, 0.05) is 5.57 Å². The number of carbonyl (C=O) groups excluding carboxylic acids is 2. The van der Waals surface area contributed by atoms with Crippen LogP contribution in [-0.4, -0.2) is 30.6 Å². The van der Waals surface area contributed by atoms with Crippen molar-refractivity contribution in [2.45, 2.75) is 19.6 Å². The van der Waals surface area contributed by atoms with E-state index in [0.717, 1.165) is 16.7 Å². The van der Waals surface area contributed by atoms with Crippen molar-refractivity contribution in [3.05, 3.63) is 101 Å². The summed E-state index contributed by atoms with van der Waals surface area (Å²) < 4.78 is 16.6. The number of ether oxygens (including phenoxy) is 3. The van der Waals surface area contributed by atoms with Crippen LogP contribution in [0.2, 0.25) is 0 Å². The van der Waals surface area contributed by atoms with Crippen LogP contribution in [0.15, 0.2) is 84.4 Å². The van der Waals surface area contributed by atoms with Crippen LogP contribution in [0.3, 0.4) is 0 Å². The number of imide groups is 1. The Hall–Kier alpha value is -4.06. The van der Waals surface area contributed by atoms with Crippen molar-refractivity contribution in [2.24, 2.45) is 0 Å². The molecule has 1 saturated heterocycles. The van der Waals surface area contributed by atoms with E-state index in [9.17, 15) is 9.59 Å². The van der Waals surface area contributed by atoms with Crippen molar-refractivity contribution >= 4 is 18.1 Å². The zero-order chi connectivity index (χ0) is 23.2. The standard InChI is InChI=1S/C27H25NO5/c1-19(26(29)28-23(18-33-27(28)30)22-11-7-4-8-12-22)15-21-13-14-24(31-2)25(16-21)32-17-20-9-5-3-6-10-20/h3-16,23H,17-18H2,1-2H3. The second kappa shape index (κ2) is 10.0. The van der Waals surface area contributed by atoms with Crippen molar-refractivity contribution in [3.63, 3.8) is 0 Å². The highest BCUT2D eigenvalue weighted by Gasteiger charge is 2.39. The van der Waals surface area contributed by atoms with Crippen molar-refractivity contribution in [1.29, 1.82) is 0 Å². The highest BCUT2D eigenvalue weighted by molar-refractivity contribution is 6.05. The summed E-state index contributed by atoms with van der Waals surface area (Å²) in [6.45, 7) is 2.22. The predicted octanol–water partition coefficient (Wildman–Crippen LogP) is 5.40. The molecule has 2 amide bonds. The van der Waals surface area contributed by atoms with E-state index in [1.54, 1.807) is 26.2 Å². The molecule has 1 fully saturated rings. The molecular weight excluding hydrogens is 418 g/mol. The first-order valence-electron chi connectivity index (χ1n) is 10.6. The topological polar surface area (TPSA) is 65.1 Å². The average molecular weight is 443 g/mol. The third kappa shape index (κ3) is 5.06. The minimum Gasteiger partial charge on any atom is -0.493 e. The van der Waals surface area contributed by atoms with Crippen LogP contribution >= 0.6 is 0 Å². The molecule has 0 aromatic heterocycles. The summed E-state index contributed by atoms with van der Waals surface area (Å²) in [5.74, 6) is 0.770. The number of amides is 2. The Labute approximate surface area is 193 Å². The van der Waals surface area contributed by atoms with E-state index in [1.807, 2.05) is 72.8 Å². The van der Waals surface area contributed by atoms with Gasteiger partial charge >= 0.3 is 6.09 Å². The maximum absolute atomic E-state index is 13.2. The first-order chi connectivity index (χ1) is 16.1. The lowest BCUT2D eigenvalue weighted by Gasteiger charge is -2.20. The van der Waals surface area contributed by atoms with Crippen LogP contribution in [0, 0.1) is 0 Å². The molecule has 0 radical (unpaired) electrons. The number of hydrogen-bond acceptors (Lipinski definition) is 5. The zero-order valence-electron chi connectivity index (χ0n) is 18.6. The first kappa shape index (κ1) is 22.1. The maximum Gasteiger partial charge on any atom is 0.417 e. The maximum atomic E-state index is 13.2. The quantitative estimate of drug-likeness (QED) is 0.458. The Morgan fingerprint density at radius 1 is 1.03 bits per heavy atom. The van der Waals surface area contributed by atoms with Gasteiger partial charge in [-0.3, -0.25) is 4.79 Å². The lowest BCUT2D eigenvalue weighted by Crippen LogP contribution is -2.34. The molecule has 168 valence electrons. The van der Waals surface area contributed by atoms with E-state index < -0.39 is 18.0 Å². The number of carbonyl (C=O) groups is 2. The van der Waals surface area contributed by atoms with Gasteiger partial charge in [0.05, 0.1) is 7.11 Å². The van der Waals surface area contributed by atoms with Gasteiger partial charge in [-0.1, -0.05) is 66.7 Å². The molecule has 0 aliphatic carbocycles. The Morgan fingerprint density at radius 2 is 1.73 bits per heavy atom. The largest absolute Gasteiger partial charge is 0.493 e. The summed E-state index contributed by atoms with van der Waals surface area (Å²) in [6.07, 6.45) is 1.09. The SMILES string of the molecule is COc1ccc(C=C(C)C(=O)N2C(=O)OCC2c2ccccc2)cc1OCc1ccccc1. The van der Waals surface area contributed by atoms with Crippen LogP contribution in [0.5, 0.6) is 11.5 Å². The molecule has 0 saturated carbocycles. The monoisotopic (exact) mass is 443 g/mol. The van der Waals surface area contributed by atoms with E-state index in [-0.39, 0.29) is 6.61 Å². The fourth-order valence-electron chi connectivity index (χ4n) is 3.70. The molecule has 6 nitrogen and oxygen atoms in total. The van der Waals surface area contributed by atoms with E-state index in [0.29, 0.717) is 23.7 Å². The molecule has 1 aliphatic rings. The van der Waals surface area contributed by atoms with Crippen LogP contribution in [0.25, 0.3) is 6.08 Å². The second-order valence-corrected chi connectivity index (χ2v) is 7.69. The fourth-order valence-corrected chi connectivity index (χ4v) is 3.70. The lowest BCUT2D eigenvalue weighted by molar-refractivity contribution is -0.125. The molecule has 0 N–H and O–H groups in total. The van der Waals surface area contributed by atoms with Crippen LogP contribution in [-0.2, 0) is 16.1 Å². The highest BCUT2D eigenvalue weighted by Crippen LogP contribution is 2.32. The molecule has 1 unspecified atom stereocenters. The molecule has 0 bridgehead atoms. The van der Waals surface area contributed by atoms with Gasteiger partial charge in [0.2, 0.25) is 0 Å². The number of cyclic esters (lactones) is 1. The van der Waals surface area contributed by atoms with Gasteiger partial charge in [0.25, 0.3) is 5.91 Å². The van der Waals surface area contributed by atoms with Crippen molar-refractivity contribution in [2.75, 3.05) is 13.7 Å². The summed E-state index contributed by atoms with van der Waals surface area (Å²) in [4.78, 5) is 26.7. The lowest BCUT2D eigenvalue weighted by atomic mass is 10.1. The van der Waals surface area contributed by atoms with Gasteiger partial charge in [0.15, 0.2) is 11.5 Å². The molecule has 3 aromatic rings. The molecule has 1 heterocycles. The Kier molecular flexibility index (Phi) is 6.74. The van der Waals surface area contributed by atoms with E-state index in [2.05, 4.69) is 0 Å². The molecule has 1 atom stereocenters. The van der Waals surface area contributed by atoms with Gasteiger partial charge in [-0.05, 0) is 41.8 Å². The van der Waals surface area contributed by atoms with Gasteiger partial charge in [-0.2, -0.15) is 0 Å². The van der Waals surface area contributed by atoms with Crippen molar-refractivity contribution in [1.82, 2.24) is 4.90 Å². The van der Waals surface area contributed by atoms with Crippen LogP contribution in [0.1, 0.15) is 29.7 Å².